The predicted octanol–water partition coefficient (Wildman–Crippen LogP) is 2.29. The number of fused-ring (bicyclic) bond motifs is 6. The Bertz CT molecular complexity index is 362. The van der Waals surface area contributed by atoms with Crippen LogP contribution in [0.5, 0.6) is 0 Å². The van der Waals surface area contributed by atoms with Crippen LogP contribution >= 0.6 is 12.4 Å². The van der Waals surface area contributed by atoms with E-state index < -0.39 is 0 Å². The number of rotatable bonds is 0. The lowest BCUT2D eigenvalue weighted by Gasteiger charge is -2.56. The predicted molar refractivity (Wildman–Crippen MR) is 77.4 cm³/mol. The summed E-state index contributed by atoms with van der Waals surface area (Å²) in [5.41, 5.74) is 0. The third-order valence-electron chi connectivity index (χ3n) is 5.87. The van der Waals surface area contributed by atoms with Gasteiger partial charge in [-0.1, -0.05) is 6.42 Å². The van der Waals surface area contributed by atoms with Gasteiger partial charge in [-0.15, -0.1) is 12.4 Å². The van der Waals surface area contributed by atoms with E-state index in [1.807, 2.05) is 0 Å². The topological polar surface area (TPSA) is 23.6 Å². The first-order valence-corrected chi connectivity index (χ1v) is 7.86. The van der Waals surface area contributed by atoms with Crippen LogP contribution in [0.15, 0.2) is 0 Å². The van der Waals surface area contributed by atoms with Gasteiger partial charge in [-0.3, -0.25) is 9.69 Å². The van der Waals surface area contributed by atoms with E-state index in [1.165, 1.54) is 45.2 Å². The molecule has 2 bridgehead atoms. The number of hydrogen-bond acceptors (Lipinski definition) is 2. The Morgan fingerprint density at radius 1 is 0.947 bits per heavy atom. The molecule has 0 aromatic rings. The molecule has 4 saturated heterocycles. The minimum atomic E-state index is 0. The van der Waals surface area contributed by atoms with Gasteiger partial charge in [-0.05, 0) is 50.5 Å². The monoisotopic (exact) mass is 284 g/mol. The molecule has 4 heterocycles. The fourth-order valence-electron chi connectivity index (χ4n) is 5.10. The zero-order valence-electron chi connectivity index (χ0n) is 11.6. The maximum absolute atomic E-state index is 12.1. The first kappa shape index (κ1) is 13.7. The van der Waals surface area contributed by atoms with Crippen LogP contribution in [0.1, 0.15) is 44.9 Å². The lowest BCUT2D eigenvalue weighted by Crippen LogP contribution is -2.64. The van der Waals surface area contributed by atoms with Crippen molar-refractivity contribution in [3.8, 4) is 0 Å². The van der Waals surface area contributed by atoms with Crippen molar-refractivity contribution in [2.45, 2.75) is 57.0 Å². The second-order valence-corrected chi connectivity index (χ2v) is 6.82. The fraction of sp³-hybridized carbons (Fsp3) is 0.933. The van der Waals surface area contributed by atoms with E-state index in [2.05, 4.69) is 9.80 Å². The third kappa shape index (κ3) is 2.19. The summed E-state index contributed by atoms with van der Waals surface area (Å²) in [7, 11) is 0. The Hall–Kier alpha value is -0.280. The number of halogens is 1. The largest absolute Gasteiger partial charge is 0.339 e. The summed E-state index contributed by atoms with van der Waals surface area (Å²) in [6.07, 6.45) is 8.78. The summed E-state index contributed by atoms with van der Waals surface area (Å²) >= 11 is 0. The molecular weight excluding hydrogens is 260 g/mol. The van der Waals surface area contributed by atoms with Crippen molar-refractivity contribution in [2.24, 2.45) is 11.8 Å². The van der Waals surface area contributed by atoms with Gasteiger partial charge in [0.25, 0.3) is 0 Å². The highest BCUT2D eigenvalue weighted by molar-refractivity contribution is 5.85. The van der Waals surface area contributed by atoms with Crippen molar-refractivity contribution in [3.05, 3.63) is 0 Å². The molecule has 4 atom stereocenters. The van der Waals surface area contributed by atoms with E-state index >= 15 is 0 Å². The Labute approximate surface area is 122 Å². The van der Waals surface area contributed by atoms with Gasteiger partial charge >= 0.3 is 0 Å². The SMILES string of the molecule is Cl.O=C1CCCC2C3CC(CN12)C1CCCCN1C3. The lowest BCUT2D eigenvalue weighted by atomic mass is 9.71. The summed E-state index contributed by atoms with van der Waals surface area (Å²) in [5, 5.41) is 0. The van der Waals surface area contributed by atoms with E-state index in [0.29, 0.717) is 11.9 Å². The van der Waals surface area contributed by atoms with Crippen LogP contribution in [-0.4, -0.2) is 47.4 Å². The van der Waals surface area contributed by atoms with E-state index in [1.54, 1.807) is 0 Å². The number of nitrogens with zero attached hydrogens (tertiary/aromatic N) is 2. The molecule has 4 aliphatic heterocycles. The average Bonchev–Trinajstić information content (AvgIpc) is 2.40. The van der Waals surface area contributed by atoms with Gasteiger partial charge in [-0.25, -0.2) is 0 Å². The summed E-state index contributed by atoms with van der Waals surface area (Å²) in [6.45, 7) is 3.66. The van der Waals surface area contributed by atoms with Gasteiger partial charge in [0.1, 0.15) is 0 Å². The molecule has 0 radical (unpaired) electrons. The van der Waals surface area contributed by atoms with Gasteiger partial charge in [0.2, 0.25) is 5.91 Å². The smallest absolute Gasteiger partial charge is 0.222 e. The molecule has 4 heteroatoms. The lowest BCUT2D eigenvalue weighted by molar-refractivity contribution is -0.148. The van der Waals surface area contributed by atoms with Crippen molar-refractivity contribution < 1.29 is 4.79 Å². The molecule has 0 spiro atoms. The minimum Gasteiger partial charge on any atom is -0.339 e. The first-order valence-electron chi connectivity index (χ1n) is 7.86. The zero-order chi connectivity index (χ0) is 12.1. The second-order valence-electron chi connectivity index (χ2n) is 6.82. The molecule has 19 heavy (non-hydrogen) atoms. The van der Waals surface area contributed by atoms with Crippen LogP contribution < -0.4 is 0 Å². The van der Waals surface area contributed by atoms with Gasteiger partial charge in [0, 0.05) is 31.6 Å². The second kappa shape index (κ2) is 5.25. The molecular formula is C15H25ClN2O. The number of hydrogen-bond donors (Lipinski definition) is 0. The summed E-state index contributed by atoms with van der Waals surface area (Å²) in [4.78, 5) is 17.2. The van der Waals surface area contributed by atoms with Crippen LogP contribution in [-0.2, 0) is 4.79 Å². The minimum absolute atomic E-state index is 0. The summed E-state index contributed by atoms with van der Waals surface area (Å²) in [6, 6.07) is 1.39. The maximum Gasteiger partial charge on any atom is 0.222 e. The standard InChI is InChI=1S/C15H24N2O.ClH/c18-15-6-3-5-14-11-8-12(10-17(14)15)13-4-1-2-7-16(13)9-11;/h11-14H,1-10H2;1H. The molecule has 0 aromatic heterocycles. The highest BCUT2D eigenvalue weighted by Gasteiger charge is 2.47. The Morgan fingerprint density at radius 3 is 2.63 bits per heavy atom. The Balaban J connectivity index is 0.00000110. The van der Waals surface area contributed by atoms with Crippen LogP contribution in [0.25, 0.3) is 0 Å². The van der Waals surface area contributed by atoms with Gasteiger partial charge in [0.05, 0.1) is 0 Å². The molecule has 4 unspecified atom stereocenters. The maximum atomic E-state index is 12.1. The number of piperidine rings is 4. The van der Waals surface area contributed by atoms with Crippen LogP contribution in [0, 0.1) is 11.8 Å². The highest BCUT2D eigenvalue weighted by atomic mass is 35.5. The molecule has 0 N–H and O–H groups in total. The fourth-order valence-corrected chi connectivity index (χ4v) is 5.10. The van der Waals surface area contributed by atoms with E-state index in [4.69, 9.17) is 0 Å². The molecule has 1 amide bonds. The van der Waals surface area contributed by atoms with Crippen LogP contribution in [0.3, 0.4) is 0 Å². The van der Waals surface area contributed by atoms with Crippen LogP contribution in [0.4, 0.5) is 0 Å². The normalized spacial score (nSPS) is 42.1. The van der Waals surface area contributed by atoms with Crippen molar-refractivity contribution in [3.63, 3.8) is 0 Å². The quantitative estimate of drug-likeness (QED) is 0.681. The van der Waals surface area contributed by atoms with Crippen molar-refractivity contribution >= 4 is 18.3 Å². The first-order chi connectivity index (χ1) is 8.83. The number of carbonyl (C=O) groups excluding carboxylic acids is 1. The molecule has 4 rings (SSSR count). The van der Waals surface area contributed by atoms with Crippen LogP contribution in [0.2, 0.25) is 0 Å². The van der Waals surface area contributed by atoms with E-state index in [0.717, 1.165) is 37.3 Å². The molecule has 3 nitrogen and oxygen atoms in total. The van der Waals surface area contributed by atoms with Gasteiger partial charge < -0.3 is 4.90 Å². The molecule has 0 aliphatic carbocycles. The Kier molecular flexibility index (Phi) is 3.78. The average molecular weight is 285 g/mol. The molecule has 0 aromatic carbocycles. The number of amides is 1. The Morgan fingerprint density at radius 2 is 1.74 bits per heavy atom. The molecule has 4 aliphatic rings. The van der Waals surface area contributed by atoms with Gasteiger partial charge in [-0.2, -0.15) is 0 Å². The van der Waals surface area contributed by atoms with Crippen molar-refractivity contribution in [1.82, 2.24) is 9.80 Å². The third-order valence-corrected chi connectivity index (χ3v) is 5.87. The van der Waals surface area contributed by atoms with Crippen molar-refractivity contribution in [1.29, 1.82) is 0 Å². The van der Waals surface area contributed by atoms with E-state index in [9.17, 15) is 4.79 Å². The molecule has 108 valence electrons. The van der Waals surface area contributed by atoms with Crippen molar-refractivity contribution in [2.75, 3.05) is 19.6 Å². The van der Waals surface area contributed by atoms with Gasteiger partial charge in [0.15, 0.2) is 0 Å². The molecule has 4 fully saturated rings. The highest BCUT2D eigenvalue weighted by Crippen LogP contribution is 2.42. The molecule has 0 saturated carbocycles. The summed E-state index contributed by atoms with van der Waals surface area (Å²) in [5.74, 6) is 2.01. The summed E-state index contributed by atoms with van der Waals surface area (Å²) < 4.78 is 0. The van der Waals surface area contributed by atoms with E-state index in [-0.39, 0.29) is 12.4 Å². The zero-order valence-corrected chi connectivity index (χ0v) is 12.4. The number of carbonyl (C=O) groups is 1.